The maximum Gasteiger partial charge on any atom is 0.204 e. The number of hydrogen-bond donors (Lipinski definition) is 0. The second kappa shape index (κ2) is 8.37. The van der Waals surface area contributed by atoms with Crippen LogP contribution in [0.25, 0.3) is 0 Å². The topological polar surface area (TPSA) is 18.5 Å². The Kier molecular flexibility index (Phi) is 6.19. The number of ether oxygens (including phenoxy) is 2. The second-order valence-corrected chi connectivity index (χ2v) is 7.58. The molecule has 1 heterocycles. The van der Waals surface area contributed by atoms with Gasteiger partial charge in [-0.15, -0.1) is 0 Å². The SMILES string of the molecule is CCCCOc1cc2c(c(F)c1F)OC(C1CCC(CC)CC1)CC2. The highest BCUT2D eigenvalue weighted by Gasteiger charge is 2.33. The van der Waals surface area contributed by atoms with E-state index in [4.69, 9.17) is 9.47 Å². The van der Waals surface area contributed by atoms with E-state index in [1.807, 2.05) is 6.92 Å². The molecule has 1 aromatic carbocycles. The van der Waals surface area contributed by atoms with Crippen LogP contribution in [0.3, 0.4) is 0 Å². The largest absolute Gasteiger partial charge is 0.490 e. The number of fused-ring (bicyclic) bond motifs is 1. The van der Waals surface area contributed by atoms with Crippen LogP contribution in [0.5, 0.6) is 11.5 Å². The molecule has 2 aliphatic rings. The molecule has 1 saturated carbocycles. The zero-order valence-electron chi connectivity index (χ0n) is 15.5. The van der Waals surface area contributed by atoms with Gasteiger partial charge in [-0.25, -0.2) is 0 Å². The quantitative estimate of drug-likeness (QED) is 0.580. The Labute approximate surface area is 149 Å². The van der Waals surface area contributed by atoms with Crippen molar-refractivity contribution in [2.24, 2.45) is 11.8 Å². The molecule has 4 heteroatoms. The van der Waals surface area contributed by atoms with Gasteiger partial charge in [0.1, 0.15) is 6.10 Å². The third-order valence-electron chi connectivity index (χ3n) is 5.92. The highest BCUT2D eigenvalue weighted by molar-refractivity contribution is 5.44. The zero-order chi connectivity index (χ0) is 17.8. The van der Waals surface area contributed by atoms with Crippen molar-refractivity contribution < 1.29 is 18.3 Å². The number of halogens is 2. The lowest BCUT2D eigenvalue weighted by Crippen LogP contribution is -2.34. The first kappa shape index (κ1) is 18.5. The summed E-state index contributed by atoms with van der Waals surface area (Å²) in [5.41, 5.74) is 0.740. The summed E-state index contributed by atoms with van der Waals surface area (Å²) in [7, 11) is 0. The van der Waals surface area contributed by atoms with Gasteiger partial charge in [0.15, 0.2) is 11.5 Å². The molecule has 0 spiro atoms. The zero-order valence-corrected chi connectivity index (χ0v) is 15.5. The molecule has 1 aliphatic carbocycles. The summed E-state index contributed by atoms with van der Waals surface area (Å²) in [4.78, 5) is 0. The van der Waals surface area contributed by atoms with Gasteiger partial charge in [-0.3, -0.25) is 0 Å². The molecule has 3 rings (SSSR count). The van der Waals surface area contributed by atoms with Crippen LogP contribution in [0.2, 0.25) is 0 Å². The lowest BCUT2D eigenvalue weighted by molar-refractivity contribution is 0.0713. The monoisotopic (exact) mass is 352 g/mol. The third kappa shape index (κ3) is 4.09. The Morgan fingerprint density at radius 2 is 1.84 bits per heavy atom. The molecule has 140 valence electrons. The van der Waals surface area contributed by atoms with E-state index in [1.165, 1.54) is 19.3 Å². The van der Waals surface area contributed by atoms with E-state index in [9.17, 15) is 8.78 Å². The fraction of sp³-hybridized carbons (Fsp3) is 0.714. The summed E-state index contributed by atoms with van der Waals surface area (Å²) in [5, 5.41) is 0. The van der Waals surface area contributed by atoms with E-state index < -0.39 is 11.6 Å². The Morgan fingerprint density at radius 1 is 1.08 bits per heavy atom. The van der Waals surface area contributed by atoms with E-state index in [1.54, 1.807) is 6.07 Å². The number of aryl methyl sites for hydroxylation is 1. The Bertz CT molecular complexity index is 580. The molecule has 1 aliphatic heterocycles. The molecule has 25 heavy (non-hydrogen) atoms. The molecular formula is C21H30F2O2. The van der Waals surface area contributed by atoms with Gasteiger partial charge >= 0.3 is 0 Å². The summed E-state index contributed by atoms with van der Waals surface area (Å²) < 4.78 is 40.2. The normalized spacial score (nSPS) is 26.0. The number of unbranched alkanes of at least 4 members (excludes halogenated alkanes) is 1. The first-order valence-electron chi connectivity index (χ1n) is 9.94. The van der Waals surface area contributed by atoms with E-state index in [-0.39, 0.29) is 17.6 Å². The lowest BCUT2D eigenvalue weighted by Gasteiger charge is -2.36. The minimum Gasteiger partial charge on any atom is -0.490 e. The Balaban J connectivity index is 1.70. The molecule has 0 aromatic heterocycles. The van der Waals surface area contributed by atoms with E-state index in [0.717, 1.165) is 50.0 Å². The first-order chi connectivity index (χ1) is 12.1. The van der Waals surface area contributed by atoms with Gasteiger partial charge in [0.2, 0.25) is 11.6 Å². The minimum absolute atomic E-state index is 0.0195. The molecule has 1 fully saturated rings. The molecule has 2 nitrogen and oxygen atoms in total. The molecule has 0 N–H and O–H groups in total. The number of rotatable bonds is 6. The van der Waals surface area contributed by atoms with Gasteiger partial charge in [0, 0.05) is 5.56 Å². The summed E-state index contributed by atoms with van der Waals surface area (Å²) in [5.74, 6) is -0.353. The second-order valence-electron chi connectivity index (χ2n) is 7.58. The Morgan fingerprint density at radius 3 is 2.52 bits per heavy atom. The van der Waals surface area contributed by atoms with Crippen molar-refractivity contribution in [3.63, 3.8) is 0 Å². The summed E-state index contributed by atoms with van der Waals surface area (Å²) >= 11 is 0. The maximum absolute atomic E-state index is 14.5. The van der Waals surface area contributed by atoms with Crippen LogP contribution in [0.15, 0.2) is 6.07 Å². The maximum atomic E-state index is 14.5. The highest BCUT2D eigenvalue weighted by Crippen LogP contribution is 2.41. The van der Waals surface area contributed by atoms with Crippen molar-refractivity contribution in [1.29, 1.82) is 0 Å². The van der Waals surface area contributed by atoms with Crippen molar-refractivity contribution >= 4 is 0 Å². The molecule has 1 unspecified atom stereocenters. The smallest absolute Gasteiger partial charge is 0.204 e. The fourth-order valence-electron chi connectivity index (χ4n) is 4.19. The summed E-state index contributed by atoms with van der Waals surface area (Å²) in [6.45, 7) is 4.70. The van der Waals surface area contributed by atoms with Gasteiger partial charge < -0.3 is 9.47 Å². The Hall–Kier alpha value is -1.32. The molecule has 0 saturated heterocycles. The van der Waals surface area contributed by atoms with E-state index in [2.05, 4.69) is 6.92 Å². The third-order valence-corrected chi connectivity index (χ3v) is 5.92. The van der Waals surface area contributed by atoms with Crippen LogP contribution < -0.4 is 9.47 Å². The molecule has 0 radical (unpaired) electrons. The van der Waals surface area contributed by atoms with Crippen LogP contribution >= 0.6 is 0 Å². The van der Waals surface area contributed by atoms with Crippen LogP contribution in [0.4, 0.5) is 8.78 Å². The van der Waals surface area contributed by atoms with Crippen LogP contribution in [0.1, 0.15) is 70.8 Å². The van der Waals surface area contributed by atoms with Gasteiger partial charge in [-0.2, -0.15) is 8.78 Å². The standard InChI is InChI=1S/C21H30F2O2/c1-3-5-12-24-18-13-16-10-11-17(25-21(16)20(23)19(18)22)15-8-6-14(4-2)7-9-15/h13-15,17H,3-12H2,1-2H3. The predicted molar refractivity (Wildman–Crippen MR) is 95.2 cm³/mol. The molecule has 1 aromatic rings. The highest BCUT2D eigenvalue weighted by atomic mass is 19.2. The van der Waals surface area contributed by atoms with Gasteiger partial charge in [-0.05, 0) is 50.0 Å². The first-order valence-corrected chi connectivity index (χ1v) is 9.94. The molecular weight excluding hydrogens is 322 g/mol. The predicted octanol–water partition coefficient (Wildman–Crippen LogP) is 6.05. The fourth-order valence-corrected chi connectivity index (χ4v) is 4.19. The van der Waals surface area contributed by atoms with Crippen LogP contribution in [-0.2, 0) is 6.42 Å². The number of hydrogen-bond acceptors (Lipinski definition) is 2. The van der Waals surface area contributed by atoms with Gasteiger partial charge in [0.25, 0.3) is 0 Å². The molecule has 0 amide bonds. The van der Waals surface area contributed by atoms with Crippen molar-refractivity contribution in [1.82, 2.24) is 0 Å². The van der Waals surface area contributed by atoms with Gasteiger partial charge in [-0.1, -0.05) is 39.5 Å². The van der Waals surface area contributed by atoms with Gasteiger partial charge in [0.05, 0.1) is 6.61 Å². The van der Waals surface area contributed by atoms with Crippen molar-refractivity contribution in [2.45, 2.75) is 77.7 Å². The van der Waals surface area contributed by atoms with Crippen LogP contribution in [-0.4, -0.2) is 12.7 Å². The van der Waals surface area contributed by atoms with E-state index >= 15 is 0 Å². The van der Waals surface area contributed by atoms with Crippen molar-refractivity contribution in [3.05, 3.63) is 23.3 Å². The van der Waals surface area contributed by atoms with E-state index in [0.29, 0.717) is 12.5 Å². The number of benzene rings is 1. The average Bonchev–Trinajstić information content (AvgIpc) is 2.65. The molecule has 1 atom stereocenters. The summed E-state index contributed by atoms with van der Waals surface area (Å²) in [6, 6.07) is 1.63. The van der Waals surface area contributed by atoms with Crippen molar-refractivity contribution in [3.8, 4) is 11.5 Å². The van der Waals surface area contributed by atoms with Crippen molar-refractivity contribution in [2.75, 3.05) is 6.61 Å². The summed E-state index contributed by atoms with van der Waals surface area (Å²) in [6.07, 6.45) is 9.40. The van der Waals surface area contributed by atoms with Crippen LogP contribution in [0, 0.1) is 23.5 Å². The average molecular weight is 352 g/mol. The molecule has 0 bridgehead atoms. The minimum atomic E-state index is -0.912. The lowest BCUT2D eigenvalue weighted by atomic mass is 9.77.